The van der Waals surface area contributed by atoms with E-state index in [-0.39, 0.29) is 0 Å². The monoisotopic (exact) mass is 242 g/mol. The summed E-state index contributed by atoms with van der Waals surface area (Å²) in [6.45, 7) is 9.69. The molecule has 0 heterocycles. The molecule has 4 aliphatic carbocycles. The molecule has 3 saturated carbocycles. The van der Waals surface area contributed by atoms with Gasteiger partial charge in [-0.05, 0) is 67.8 Å². The van der Waals surface area contributed by atoms with Crippen molar-refractivity contribution >= 4 is 0 Å². The van der Waals surface area contributed by atoms with Crippen LogP contribution in [0.25, 0.3) is 0 Å². The molecular weight excluding hydrogens is 216 g/mol. The third-order valence-corrected chi connectivity index (χ3v) is 6.93. The highest BCUT2D eigenvalue weighted by molar-refractivity contribution is 5.51. The molecule has 4 atom stereocenters. The van der Waals surface area contributed by atoms with E-state index in [0.29, 0.717) is 10.8 Å². The lowest BCUT2D eigenvalue weighted by Crippen LogP contribution is -2.39. The van der Waals surface area contributed by atoms with E-state index in [2.05, 4.69) is 39.8 Å². The Bertz CT molecular complexity index is 456. The van der Waals surface area contributed by atoms with Crippen LogP contribution in [0.3, 0.4) is 0 Å². The second-order valence-corrected chi connectivity index (χ2v) is 8.09. The SMILES string of the molecule is CC(C)=CC1=CC2CC3C2C13C(C)(C)C1CCC1. The fourth-order valence-electron chi connectivity index (χ4n) is 5.87. The van der Waals surface area contributed by atoms with Gasteiger partial charge in [0, 0.05) is 5.41 Å². The molecule has 0 heteroatoms. The highest BCUT2D eigenvalue weighted by Crippen LogP contribution is 2.87. The van der Waals surface area contributed by atoms with Crippen molar-refractivity contribution in [3.8, 4) is 0 Å². The predicted molar refractivity (Wildman–Crippen MR) is 76.2 cm³/mol. The van der Waals surface area contributed by atoms with E-state index in [1.807, 2.05) is 0 Å². The largest absolute Gasteiger partial charge is 0.0773 e. The topological polar surface area (TPSA) is 0 Å². The average Bonchev–Trinajstić information content (AvgIpc) is 2.61. The van der Waals surface area contributed by atoms with Crippen molar-refractivity contribution in [2.75, 3.05) is 0 Å². The van der Waals surface area contributed by atoms with Crippen molar-refractivity contribution in [3.05, 3.63) is 23.3 Å². The molecule has 4 unspecified atom stereocenters. The third-order valence-electron chi connectivity index (χ3n) is 6.93. The van der Waals surface area contributed by atoms with Crippen molar-refractivity contribution in [1.82, 2.24) is 0 Å². The minimum absolute atomic E-state index is 0.545. The van der Waals surface area contributed by atoms with Crippen LogP contribution in [0.15, 0.2) is 23.3 Å². The number of rotatable bonds is 3. The molecule has 0 aromatic carbocycles. The lowest BCUT2D eigenvalue weighted by atomic mass is 9.57. The quantitative estimate of drug-likeness (QED) is 0.655. The molecule has 0 nitrogen and oxygen atoms in total. The summed E-state index contributed by atoms with van der Waals surface area (Å²) in [5.74, 6) is 4.03. The van der Waals surface area contributed by atoms with Crippen molar-refractivity contribution in [1.29, 1.82) is 0 Å². The minimum atomic E-state index is 0.545. The molecule has 0 saturated heterocycles. The van der Waals surface area contributed by atoms with Gasteiger partial charge < -0.3 is 0 Å². The molecule has 0 aliphatic heterocycles. The third kappa shape index (κ3) is 1.02. The Morgan fingerprint density at radius 2 is 2.06 bits per heavy atom. The summed E-state index contributed by atoms with van der Waals surface area (Å²) in [6.07, 6.45) is 11.1. The van der Waals surface area contributed by atoms with Gasteiger partial charge in [0.05, 0.1) is 0 Å². The van der Waals surface area contributed by atoms with Crippen LogP contribution in [0.4, 0.5) is 0 Å². The van der Waals surface area contributed by atoms with Crippen LogP contribution in [0, 0.1) is 34.5 Å². The Morgan fingerprint density at radius 3 is 2.56 bits per heavy atom. The van der Waals surface area contributed by atoms with Gasteiger partial charge in [-0.15, -0.1) is 0 Å². The van der Waals surface area contributed by atoms with Crippen LogP contribution in [0.2, 0.25) is 0 Å². The molecule has 0 N–H and O–H groups in total. The van der Waals surface area contributed by atoms with Gasteiger partial charge in [-0.2, -0.15) is 0 Å². The zero-order valence-electron chi connectivity index (χ0n) is 12.3. The maximum Gasteiger partial charge on any atom is 0.00720 e. The van der Waals surface area contributed by atoms with Crippen LogP contribution < -0.4 is 0 Å². The molecule has 98 valence electrons. The standard InChI is InChI=1S/C18H26/c1-11(2)8-14-9-12-10-15-16(12)18(14,15)17(3,4)13-6-5-7-13/h8-9,12-13,15-16H,5-7,10H2,1-4H3. The Labute approximate surface area is 112 Å². The molecular formula is C18H26. The second kappa shape index (κ2) is 3.14. The summed E-state index contributed by atoms with van der Waals surface area (Å²) in [7, 11) is 0. The van der Waals surface area contributed by atoms with Crippen LogP contribution in [-0.2, 0) is 0 Å². The van der Waals surface area contributed by atoms with Crippen LogP contribution in [0.1, 0.15) is 53.4 Å². The number of allylic oxidation sites excluding steroid dienone is 4. The van der Waals surface area contributed by atoms with E-state index < -0.39 is 0 Å². The van der Waals surface area contributed by atoms with E-state index >= 15 is 0 Å². The molecule has 0 aromatic rings. The first-order valence-corrected chi connectivity index (χ1v) is 7.87. The van der Waals surface area contributed by atoms with E-state index in [4.69, 9.17) is 0 Å². The summed E-state index contributed by atoms with van der Waals surface area (Å²) < 4.78 is 0. The zero-order valence-corrected chi connectivity index (χ0v) is 12.3. The fraction of sp³-hybridized carbons (Fsp3) is 0.778. The first-order chi connectivity index (χ1) is 8.49. The number of hydrogen-bond acceptors (Lipinski definition) is 0. The first kappa shape index (κ1) is 11.3. The molecule has 0 spiro atoms. The van der Waals surface area contributed by atoms with Crippen LogP contribution in [0.5, 0.6) is 0 Å². The lowest BCUT2D eigenvalue weighted by molar-refractivity contribution is 0.0512. The Morgan fingerprint density at radius 1 is 1.33 bits per heavy atom. The van der Waals surface area contributed by atoms with Gasteiger partial charge in [0.1, 0.15) is 0 Å². The highest BCUT2D eigenvalue weighted by atomic mass is 14.9. The second-order valence-electron chi connectivity index (χ2n) is 8.09. The highest BCUT2D eigenvalue weighted by Gasteiger charge is 2.82. The molecule has 18 heavy (non-hydrogen) atoms. The summed E-state index contributed by atoms with van der Waals surface area (Å²) in [4.78, 5) is 0. The Kier molecular flexibility index (Phi) is 1.97. The van der Waals surface area contributed by atoms with Crippen molar-refractivity contribution in [2.24, 2.45) is 34.5 Å². The molecule has 0 aromatic heterocycles. The molecule has 0 radical (unpaired) electrons. The lowest BCUT2D eigenvalue weighted by Gasteiger charge is -2.47. The van der Waals surface area contributed by atoms with E-state index in [1.54, 1.807) is 5.57 Å². The van der Waals surface area contributed by atoms with Gasteiger partial charge in [-0.3, -0.25) is 0 Å². The maximum atomic E-state index is 2.64. The van der Waals surface area contributed by atoms with Gasteiger partial charge in [0.2, 0.25) is 0 Å². The van der Waals surface area contributed by atoms with Gasteiger partial charge in [-0.1, -0.05) is 38.0 Å². The zero-order chi connectivity index (χ0) is 12.7. The van der Waals surface area contributed by atoms with Gasteiger partial charge >= 0.3 is 0 Å². The number of fused-ring (bicyclic) bond motifs is 1. The maximum absolute atomic E-state index is 2.64. The van der Waals surface area contributed by atoms with Gasteiger partial charge in [-0.25, -0.2) is 0 Å². The predicted octanol–water partition coefficient (Wildman–Crippen LogP) is 4.97. The van der Waals surface area contributed by atoms with Crippen LogP contribution >= 0.6 is 0 Å². The van der Waals surface area contributed by atoms with Crippen molar-refractivity contribution in [3.63, 3.8) is 0 Å². The fourth-order valence-corrected chi connectivity index (χ4v) is 5.87. The summed E-state index contributed by atoms with van der Waals surface area (Å²) in [6, 6.07) is 0. The normalized spacial score (nSPS) is 44.7. The molecule has 0 bridgehead atoms. The van der Waals surface area contributed by atoms with Gasteiger partial charge in [0.25, 0.3) is 0 Å². The molecule has 0 amide bonds. The van der Waals surface area contributed by atoms with Crippen molar-refractivity contribution < 1.29 is 0 Å². The summed E-state index contributed by atoms with van der Waals surface area (Å²) in [5, 5.41) is 0. The van der Waals surface area contributed by atoms with E-state index in [1.165, 1.54) is 31.3 Å². The van der Waals surface area contributed by atoms with Crippen molar-refractivity contribution in [2.45, 2.75) is 53.4 Å². The van der Waals surface area contributed by atoms with Gasteiger partial charge in [0.15, 0.2) is 0 Å². The number of hydrogen-bond donors (Lipinski definition) is 0. The summed E-state index contributed by atoms with van der Waals surface area (Å²) in [5.41, 5.74) is 4.35. The molecule has 4 rings (SSSR count). The summed E-state index contributed by atoms with van der Waals surface area (Å²) >= 11 is 0. The molecule has 4 aliphatic rings. The molecule has 3 fully saturated rings. The average molecular weight is 242 g/mol. The van der Waals surface area contributed by atoms with E-state index in [0.717, 1.165) is 23.7 Å². The smallest absolute Gasteiger partial charge is 0.00720 e. The van der Waals surface area contributed by atoms with E-state index in [9.17, 15) is 0 Å². The first-order valence-electron chi connectivity index (χ1n) is 7.87. The Balaban J connectivity index is 1.75. The Hall–Kier alpha value is -0.520. The minimum Gasteiger partial charge on any atom is -0.0773 e. The van der Waals surface area contributed by atoms with Crippen LogP contribution in [-0.4, -0.2) is 0 Å².